The first-order valence-corrected chi connectivity index (χ1v) is 7.53. The Morgan fingerprint density at radius 3 is 2.71 bits per heavy atom. The van der Waals surface area contributed by atoms with Gasteiger partial charge in [-0.3, -0.25) is 14.6 Å². The maximum Gasteiger partial charge on any atom is 0.317 e. The Morgan fingerprint density at radius 1 is 1.29 bits per heavy atom. The predicted octanol–water partition coefficient (Wildman–Crippen LogP) is 1.00. The largest absolute Gasteiger partial charge is 0.488 e. The summed E-state index contributed by atoms with van der Waals surface area (Å²) in [6.45, 7) is 6.67. The van der Waals surface area contributed by atoms with Crippen LogP contribution in [-0.2, 0) is 11.2 Å². The van der Waals surface area contributed by atoms with Gasteiger partial charge in [-0.1, -0.05) is 17.7 Å². The van der Waals surface area contributed by atoms with Crippen LogP contribution in [0.2, 0.25) is 0 Å². The molecule has 114 valence electrons. The zero-order chi connectivity index (χ0) is 14.8. The third-order valence-corrected chi connectivity index (χ3v) is 4.24. The van der Waals surface area contributed by atoms with Gasteiger partial charge in [-0.2, -0.15) is 0 Å². The number of hydrogen-bond donors (Lipinski definition) is 1. The van der Waals surface area contributed by atoms with Crippen LogP contribution in [0.4, 0.5) is 0 Å². The molecule has 2 heterocycles. The van der Waals surface area contributed by atoms with Crippen molar-refractivity contribution in [2.24, 2.45) is 0 Å². The van der Waals surface area contributed by atoms with Gasteiger partial charge in [0, 0.05) is 39.1 Å². The number of ether oxygens (including phenoxy) is 1. The van der Waals surface area contributed by atoms with Crippen LogP contribution >= 0.6 is 0 Å². The molecular formula is C16H22N2O3. The lowest BCUT2D eigenvalue weighted by molar-refractivity contribution is -0.138. The summed E-state index contributed by atoms with van der Waals surface area (Å²) in [4.78, 5) is 15.1. The smallest absolute Gasteiger partial charge is 0.317 e. The van der Waals surface area contributed by atoms with Crippen molar-refractivity contribution in [3.8, 4) is 5.75 Å². The Kier molecular flexibility index (Phi) is 4.12. The molecule has 0 aromatic heterocycles. The molecule has 1 N–H and O–H groups in total. The quantitative estimate of drug-likeness (QED) is 0.896. The first kappa shape index (κ1) is 14.4. The van der Waals surface area contributed by atoms with E-state index in [1.54, 1.807) is 0 Å². The number of aliphatic carboxylic acids is 1. The van der Waals surface area contributed by atoms with Gasteiger partial charge in [0.25, 0.3) is 0 Å². The van der Waals surface area contributed by atoms with Gasteiger partial charge in [0.2, 0.25) is 0 Å². The van der Waals surface area contributed by atoms with Crippen molar-refractivity contribution in [3.63, 3.8) is 0 Å². The van der Waals surface area contributed by atoms with E-state index < -0.39 is 5.97 Å². The molecule has 3 rings (SSSR count). The Bertz CT molecular complexity index is 524. The fraction of sp³-hybridized carbons (Fsp3) is 0.562. The molecule has 0 aliphatic carbocycles. The Hall–Kier alpha value is -1.59. The normalized spacial score (nSPS) is 22.8. The zero-order valence-electron chi connectivity index (χ0n) is 12.4. The van der Waals surface area contributed by atoms with Crippen LogP contribution in [-0.4, -0.2) is 66.2 Å². The van der Waals surface area contributed by atoms with E-state index in [1.165, 1.54) is 11.1 Å². The van der Waals surface area contributed by atoms with Crippen molar-refractivity contribution in [2.45, 2.75) is 19.4 Å². The van der Waals surface area contributed by atoms with Crippen molar-refractivity contribution in [2.75, 3.05) is 39.3 Å². The number of nitrogens with zero attached hydrogens (tertiary/aromatic N) is 2. The summed E-state index contributed by atoms with van der Waals surface area (Å²) in [5.74, 6) is 0.281. The number of carboxylic acids is 1. The number of hydrogen-bond acceptors (Lipinski definition) is 4. The van der Waals surface area contributed by atoms with Crippen molar-refractivity contribution in [1.82, 2.24) is 9.80 Å². The van der Waals surface area contributed by atoms with Gasteiger partial charge in [-0.25, -0.2) is 0 Å². The van der Waals surface area contributed by atoms with Gasteiger partial charge < -0.3 is 9.84 Å². The second-order valence-electron chi connectivity index (χ2n) is 6.03. The summed E-state index contributed by atoms with van der Waals surface area (Å²) < 4.78 is 6.01. The molecule has 1 saturated heterocycles. The lowest BCUT2D eigenvalue weighted by Crippen LogP contribution is -2.50. The molecule has 0 spiro atoms. The van der Waals surface area contributed by atoms with Gasteiger partial charge in [0.1, 0.15) is 11.9 Å². The van der Waals surface area contributed by atoms with E-state index in [4.69, 9.17) is 9.84 Å². The summed E-state index contributed by atoms with van der Waals surface area (Å²) in [7, 11) is 0. The highest BCUT2D eigenvalue weighted by atomic mass is 16.5. The standard InChI is InChI=1S/C16H22N2O3/c1-12-2-3-15-13(8-12)9-14(21-15)10-17-4-6-18(7-5-17)11-16(19)20/h2-3,8,14H,4-7,9-11H2,1H3,(H,19,20). The summed E-state index contributed by atoms with van der Waals surface area (Å²) in [6.07, 6.45) is 1.21. The zero-order valence-corrected chi connectivity index (χ0v) is 12.4. The molecular weight excluding hydrogens is 268 g/mol. The van der Waals surface area contributed by atoms with Gasteiger partial charge in [0.05, 0.1) is 6.54 Å². The maximum absolute atomic E-state index is 10.7. The van der Waals surface area contributed by atoms with E-state index in [2.05, 4.69) is 30.0 Å². The van der Waals surface area contributed by atoms with Gasteiger partial charge >= 0.3 is 5.97 Å². The van der Waals surface area contributed by atoms with E-state index in [0.29, 0.717) is 0 Å². The Morgan fingerprint density at radius 2 is 2.00 bits per heavy atom. The average Bonchev–Trinajstić information content (AvgIpc) is 2.82. The Balaban J connectivity index is 1.48. The van der Waals surface area contributed by atoms with Crippen LogP contribution in [0, 0.1) is 6.92 Å². The highest BCUT2D eigenvalue weighted by Gasteiger charge is 2.27. The van der Waals surface area contributed by atoms with Crippen LogP contribution < -0.4 is 4.74 Å². The Labute approximate surface area is 125 Å². The molecule has 0 amide bonds. The minimum atomic E-state index is -0.742. The minimum Gasteiger partial charge on any atom is -0.488 e. The molecule has 5 nitrogen and oxygen atoms in total. The fourth-order valence-corrected chi connectivity index (χ4v) is 3.16. The molecule has 21 heavy (non-hydrogen) atoms. The fourth-order valence-electron chi connectivity index (χ4n) is 3.16. The number of rotatable bonds is 4. The summed E-state index contributed by atoms with van der Waals surface area (Å²) >= 11 is 0. The third kappa shape index (κ3) is 3.54. The van der Waals surface area contributed by atoms with Crippen LogP contribution in [0.15, 0.2) is 18.2 Å². The topological polar surface area (TPSA) is 53.0 Å². The minimum absolute atomic E-state index is 0.151. The summed E-state index contributed by atoms with van der Waals surface area (Å²) in [5.41, 5.74) is 2.59. The summed E-state index contributed by atoms with van der Waals surface area (Å²) in [6, 6.07) is 6.36. The number of piperazine rings is 1. The SMILES string of the molecule is Cc1ccc2c(c1)CC(CN1CCN(CC(=O)O)CC1)O2. The highest BCUT2D eigenvalue weighted by Crippen LogP contribution is 2.29. The second-order valence-corrected chi connectivity index (χ2v) is 6.03. The van der Waals surface area contributed by atoms with E-state index in [-0.39, 0.29) is 12.6 Å². The van der Waals surface area contributed by atoms with Crippen LogP contribution in [0.3, 0.4) is 0 Å². The molecule has 2 aliphatic heterocycles. The summed E-state index contributed by atoms with van der Waals surface area (Å²) in [5, 5.41) is 8.81. The van der Waals surface area contributed by atoms with Gasteiger partial charge in [0.15, 0.2) is 0 Å². The molecule has 1 aromatic rings. The second kappa shape index (κ2) is 6.03. The lowest BCUT2D eigenvalue weighted by Gasteiger charge is -2.34. The number of carboxylic acid groups (broad SMARTS) is 1. The van der Waals surface area contributed by atoms with E-state index in [0.717, 1.165) is 44.9 Å². The predicted molar refractivity (Wildman–Crippen MR) is 79.8 cm³/mol. The van der Waals surface area contributed by atoms with Crippen LogP contribution in [0.5, 0.6) is 5.75 Å². The molecule has 0 bridgehead atoms. The molecule has 0 saturated carbocycles. The number of carbonyl (C=O) groups is 1. The number of aryl methyl sites for hydroxylation is 1. The molecule has 1 unspecified atom stereocenters. The van der Waals surface area contributed by atoms with Crippen molar-refractivity contribution in [1.29, 1.82) is 0 Å². The van der Waals surface area contributed by atoms with Crippen molar-refractivity contribution < 1.29 is 14.6 Å². The van der Waals surface area contributed by atoms with E-state index in [9.17, 15) is 4.79 Å². The average molecular weight is 290 g/mol. The molecule has 1 aromatic carbocycles. The van der Waals surface area contributed by atoms with Crippen LogP contribution in [0.1, 0.15) is 11.1 Å². The first-order chi connectivity index (χ1) is 10.1. The number of benzene rings is 1. The molecule has 5 heteroatoms. The highest BCUT2D eigenvalue weighted by molar-refractivity contribution is 5.69. The van der Waals surface area contributed by atoms with Gasteiger partial charge in [-0.15, -0.1) is 0 Å². The van der Waals surface area contributed by atoms with E-state index >= 15 is 0 Å². The monoisotopic (exact) mass is 290 g/mol. The maximum atomic E-state index is 10.7. The van der Waals surface area contributed by atoms with Crippen molar-refractivity contribution in [3.05, 3.63) is 29.3 Å². The van der Waals surface area contributed by atoms with E-state index in [1.807, 2.05) is 4.90 Å². The third-order valence-electron chi connectivity index (χ3n) is 4.24. The van der Waals surface area contributed by atoms with Crippen molar-refractivity contribution >= 4 is 5.97 Å². The first-order valence-electron chi connectivity index (χ1n) is 7.53. The number of fused-ring (bicyclic) bond motifs is 1. The lowest BCUT2D eigenvalue weighted by atomic mass is 10.1. The molecule has 0 radical (unpaired) electrons. The van der Waals surface area contributed by atoms with Crippen LogP contribution in [0.25, 0.3) is 0 Å². The van der Waals surface area contributed by atoms with Gasteiger partial charge in [-0.05, 0) is 18.6 Å². The molecule has 1 atom stereocenters. The molecule has 1 fully saturated rings. The molecule has 2 aliphatic rings.